The van der Waals surface area contributed by atoms with E-state index < -0.39 is 18.0 Å². The highest BCUT2D eigenvalue weighted by atomic mass is 16.4. The monoisotopic (exact) mass is 276 g/mol. The third-order valence-electron chi connectivity index (χ3n) is 2.75. The first-order valence-corrected chi connectivity index (χ1v) is 6.43. The Balaban J connectivity index is 2.53. The van der Waals surface area contributed by atoms with E-state index in [1.807, 2.05) is 31.2 Å². The number of carboxylic acids is 1. The number of nitrogens with one attached hydrogen (secondary N) is 2. The minimum absolute atomic E-state index is 0.181. The van der Waals surface area contributed by atoms with Gasteiger partial charge in [-0.25, -0.2) is 9.59 Å². The zero-order valence-electron chi connectivity index (χ0n) is 11.9. The third-order valence-corrected chi connectivity index (χ3v) is 2.75. The molecule has 1 aromatic carbocycles. The summed E-state index contributed by atoms with van der Waals surface area (Å²) in [5.74, 6) is -1.23. The molecule has 0 radical (unpaired) electrons. The van der Waals surface area contributed by atoms with Crippen LogP contribution in [-0.2, 0) is 4.79 Å². The van der Waals surface area contributed by atoms with E-state index >= 15 is 0 Å². The van der Waals surface area contributed by atoms with Crippen molar-refractivity contribution in [1.82, 2.24) is 10.6 Å². The Morgan fingerprint density at radius 2 is 2.00 bits per heavy atom. The van der Waals surface area contributed by atoms with E-state index in [9.17, 15) is 9.59 Å². The van der Waals surface area contributed by atoms with E-state index in [0.717, 1.165) is 11.1 Å². The topological polar surface area (TPSA) is 78.4 Å². The summed E-state index contributed by atoms with van der Waals surface area (Å²) in [7, 11) is 0. The number of urea groups is 1. The molecule has 108 valence electrons. The molecule has 1 atom stereocenters. The number of carbonyl (C=O) groups is 2. The third kappa shape index (κ3) is 5.14. The number of amides is 2. The summed E-state index contributed by atoms with van der Waals surface area (Å²) in [6, 6.07) is 6.37. The first kappa shape index (κ1) is 15.8. The van der Waals surface area contributed by atoms with E-state index in [-0.39, 0.29) is 5.92 Å². The molecule has 0 heterocycles. The number of hydrogen-bond acceptors (Lipinski definition) is 2. The smallest absolute Gasteiger partial charge is 0.326 e. The average Bonchev–Trinajstić information content (AvgIpc) is 2.35. The molecule has 3 N–H and O–H groups in total. The van der Waals surface area contributed by atoms with Gasteiger partial charge in [-0.1, -0.05) is 43.7 Å². The van der Waals surface area contributed by atoms with Crippen LogP contribution in [0.4, 0.5) is 4.79 Å². The van der Waals surface area contributed by atoms with Crippen molar-refractivity contribution in [2.75, 3.05) is 0 Å². The van der Waals surface area contributed by atoms with E-state index in [2.05, 4.69) is 10.6 Å². The van der Waals surface area contributed by atoms with Crippen LogP contribution in [0, 0.1) is 12.8 Å². The van der Waals surface area contributed by atoms with Crippen LogP contribution in [0.2, 0.25) is 0 Å². The molecule has 0 aromatic heterocycles. The summed E-state index contributed by atoms with van der Waals surface area (Å²) in [5, 5.41) is 13.9. The molecule has 0 aliphatic heterocycles. The number of benzene rings is 1. The summed E-state index contributed by atoms with van der Waals surface area (Å²) >= 11 is 0. The fourth-order valence-electron chi connectivity index (χ4n) is 1.68. The van der Waals surface area contributed by atoms with E-state index in [0.29, 0.717) is 0 Å². The van der Waals surface area contributed by atoms with Crippen LogP contribution < -0.4 is 10.6 Å². The second kappa shape index (κ2) is 7.33. The van der Waals surface area contributed by atoms with Crippen LogP contribution in [0.25, 0.3) is 6.08 Å². The van der Waals surface area contributed by atoms with E-state index in [1.165, 1.54) is 6.20 Å². The molecule has 0 aliphatic carbocycles. The fourth-order valence-corrected chi connectivity index (χ4v) is 1.68. The molecule has 0 saturated carbocycles. The molecule has 0 spiro atoms. The predicted octanol–water partition coefficient (Wildman–Crippen LogP) is 2.37. The molecule has 0 saturated heterocycles. The van der Waals surface area contributed by atoms with Gasteiger partial charge in [0.15, 0.2) is 0 Å². The number of aryl methyl sites for hydroxylation is 1. The number of aliphatic carboxylic acids is 1. The molecule has 0 fully saturated rings. The molecule has 0 bridgehead atoms. The Morgan fingerprint density at radius 1 is 1.30 bits per heavy atom. The van der Waals surface area contributed by atoms with E-state index in [1.54, 1.807) is 19.9 Å². The maximum Gasteiger partial charge on any atom is 0.326 e. The summed E-state index contributed by atoms with van der Waals surface area (Å²) in [6.45, 7) is 5.46. The van der Waals surface area contributed by atoms with Crippen molar-refractivity contribution in [2.24, 2.45) is 5.92 Å². The molecule has 2 amide bonds. The molecular weight excluding hydrogens is 256 g/mol. The molecule has 20 heavy (non-hydrogen) atoms. The van der Waals surface area contributed by atoms with E-state index in [4.69, 9.17) is 5.11 Å². The highest BCUT2D eigenvalue weighted by molar-refractivity contribution is 5.83. The maximum atomic E-state index is 11.6. The largest absolute Gasteiger partial charge is 0.480 e. The lowest BCUT2D eigenvalue weighted by Gasteiger charge is -2.17. The van der Waals surface area contributed by atoms with Crippen LogP contribution in [-0.4, -0.2) is 23.1 Å². The first-order chi connectivity index (χ1) is 9.40. The van der Waals surface area contributed by atoms with Crippen LogP contribution in [0.3, 0.4) is 0 Å². The summed E-state index contributed by atoms with van der Waals surface area (Å²) in [6.07, 6.45) is 3.24. The molecule has 1 unspecified atom stereocenters. The number of carboxylic acid groups (broad SMARTS) is 1. The second-order valence-corrected chi connectivity index (χ2v) is 4.93. The lowest BCUT2D eigenvalue weighted by molar-refractivity contribution is -0.140. The van der Waals surface area contributed by atoms with Crippen molar-refractivity contribution in [2.45, 2.75) is 26.8 Å². The lowest BCUT2D eigenvalue weighted by atomic mass is 10.1. The highest BCUT2D eigenvalue weighted by Crippen LogP contribution is 2.05. The zero-order valence-corrected chi connectivity index (χ0v) is 11.9. The van der Waals surface area contributed by atoms with Crippen molar-refractivity contribution < 1.29 is 14.7 Å². The van der Waals surface area contributed by atoms with Crippen molar-refractivity contribution in [3.63, 3.8) is 0 Å². The standard InChI is InChI=1S/C15H20N2O3/c1-10(2)13(14(18)19)17-15(20)16-8-7-12-6-4-5-11(3)9-12/h4-10,13H,1-3H3,(H,18,19)(H2,16,17,20)/b8-7+. The van der Waals surface area contributed by atoms with Gasteiger partial charge in [-0.15, -0.1) is 0 Å². The van der Waals surface area contributed by atoms with Crippen molar-refractivity contribution in [3.05, 3.63) is 41.6 Å². The first-order valence-electron chi connectivity index (χ1n) is 6.43. The Morgan fingerprint density at radius 3 is 2.55 bits per heavy atom. The van der Waals surface area contributed by atoms with Gasteiger partial charge in [-0.2, -0.15) is 0 Å². The SMILES string of the molecule is Cc1cccc(/C=C/NC(=O)NC(C(=O)O)C(C)C)c1. The Hall–Kier alpha value is -2.30. The molecule has 1 rings (SSSR count). The van der Waals surface area contributed by atoms with Gasteiger partial charge in [0.25, 0.3) is 0 Å². The molecule has 5 nitrogen and oxygen atoms in total. The van der Waals surface area contributed by atoms with Gasteiger partial charge in [-0.3, -0.25) is 0 Å². The number of hydrogen-bond donors (Lipinski definition) is 3. The number of carbonyl (C=O) groups excluding carboxylic acids is 1. The summed E-state index contributed by atoms with van der Waals surface area (Å²) in [4.78, 5) is 22.5. The lowest BCUT2D eigenvalue weighted by Crippen LogP contribution is -2.47. The normalized spacial score (nSPS) is 12.4. The minimum atomic E-state index is -1.04. The Bertz CT molecular complexity index is 510. The summed E-state index contributed by atoms with van der Waals surface area (Å²) < 4.78 is 0. The van der Waals surface area contributed by atoms with Gasteiger partial charge in [0.2, 0.25) is 0 Å². The van der Waals surface area contributed by atoms with Gasteiger partial charge in [-0.05, 0) is 24.5 Å². The van der Waals surface area contributed by atoms with Crippen LogP contribution in [0.15, 0.2) is 30.5 Å². The van der Waals surface area contributed by atoms with Gasteiger partial charge in [0, 0.05) is 6.20 Å². The van der Waals surface area contributed by atoms with Gasteiger partial charge in [0.1, 0.15) is 6.04 Å². The quantitative estimate of drug-likeness (QED) is 0.772. The molecule has 5 heteroatoms. The van der Waals surface area contributed by atoms with Crippen molar-refractivity contribution in [3.8, 4) is 0 Å². The second-order valence-electron chi connectivity index (χ2n) is 4.93. The molecule has 1 aromatic rings. The highest BCUT2D eigenvalue weighted by Gasteiger charge is 2.22. The van der Waals surface area contributed by atoms with Gasteiger partial charge in [0.05, 0.1) is 0 Å². The molecule has 0 aliphatic rings. The van der Waals surface area contributed by atoms with Crippen LogP contribution in [0.5, 0.6) is 0 Å². The predicted molar refractivity (Wildman–Crippen MR) is 78.1 cm³/mol. The zero-order chi connectivity index (χ0) is 15.1. The maximum absolute atomic E-state index is 11.6. The molecular formula is C15H20N2O3. The summed E-state index contributed by atoms with van der Waals surface area (Å²) in [5.41, 5.74) is 2.09. The Kier molecular flexibility index (Phi) is 5.77. The Labute approximate surface area is 118 Å². The van der Waals surface area contributed by atoms with Crippen molar-refractivity contribution in [1.29, 1.82) is 0 Å². The number of rotatable bonds is 5. The van der Waals surface area contributed by atoms with Gasteiger partial charge < -0.3 is 15.7 Å². The average molecular weight is 276 g/mol. The van der Waals surface area contributed by atoms with Gasteiger partial charge >= 0.3 is 12.0 Å². The van der Waals surface area contributed by atoms with Crippen molar-refractivity contribution >= 4 is 18.1 Å². The van der Waals surface area contributed by atoms with Crippen LogP contribution >= 0.6 is 0 Å². The minimum Gasteiger partial charge on any atom is -0.480 e. The fraction of sp³-hybridized carbons (Fsp3) is 0.333. The van der Waals surface area contributed by atoms with Crippen LogP contribution in [0.1, 0.15) is 25.0 Å².